The molecule has 0 fully saturated rings. The molecule has 0 spiro atoms. The van der Waals surface area contributed by atoms with Crippen molar-refractivity contribution in [3.8, 4) is 0 Å². The minimum Gasteiger partial charge on any atom is -0.350 e. The predicted octanol–water partition coefficient (Wildman–Crippen LogP) is 3.25. The van der Waals surface area contributed by atoms with E-state index in [1.165, 1.54) is 22.5 Å². The van der Waals surface area contributed by atoms with Gasteiger partial charge in [-0.1, -0.05) is 6.07 Å². The fourth-order valence-corrected chi connectivity index (χ4v) is 3.70. The van der Waals surface area contributed by atoms with Gasteiger partial charge in [-0.3, -0.25) is 9.59 Å². The molecule has 0 radical (unpaired) electrons. The Morgan fingerprint density at radius 1 is 1.15 bits per heavy atom. The highest BCUT2D eigenvalue weighted by molar-refractivity contribution is 7.14. The number of nitrogens with one attached hydrogen (secondary N) is 3. The van der Waals surface area contributed by atoms with Gasteiger partial charge in [0.2, 0.25) is 0 Å². The first-order valence-electron chi connectivity index (χ1n) is 8.54. The molecular formula is C19H24ClN3O2S. The highest BCUT2D eigenvalue weighted by Gasteiger charge is 2.18. The van der Waals surface area contributed by atoms with E-state index < -0.39 is 0 Å². The molecular weight excluding hydrogens is 370 g/mol. The van der Waals surface area contributed by atoms with E-state index in [4.69, 9.17) is 0 Å². The van der Waals surface area contributed by atoms with Crippen molar-refractivity contribution in [3.63, 3.8) is 0 Å². The number of carbonyl (C=O) groups excluding carboxylic acids is 2. The summed E-state index contributed by atoms with van der Waals surface area (Å²) in [5.41, 5.74) is 3.75. The zero-order chi connectivity index (χ0) is 17.8. The molecule has 1 aliphatic carbocycles. The van der Waals surface area contributed by atoms with Crippen molar-refractivity contribution in [2.75, 3.05) is 18.9 Å². The number of hydrogen-bond donors (Lipinski definition) is 3. The lowest BCUT2D eigenvalue weighted by molar-refractivity contribution is 0.0952. The second kappa shape index (κ2) is 9.16. The molecule has 2 aromatic rings. The second-order valence-corrected chi connectivity index (χ2v) is 7.27. The van der Waals surface area contributed by atoms with Crippen LogP contribution in [0.15, 0.2) is 29.6 Å². The summed E-state index contributed by atoms with van der Waals surface area (Å²) in [5, 5.41) is 11.2. The maximum Gasteiger partial charge on any atom is 0.256 e. The van der Waals surface area contributed by atoms with Crippen LogP contribution in [0.1, 0.15) is 45.2 Å². The molecule has 1 aromatic heterocycles. The van der Waals surface area contributed by atoms with Gasteiger partial charge in [-0.2, -0.15) is 0 Å². The van der Waals surface area contributed by atoms with E-state index in [2.05, 4.69) is 16.0 Å². The minimum absolute atomic E-state index is 0. The summed E-state index contributed by atoms with van der Waals surface area (Å²) in [5.74, 6) is -0.345. The van der Waals surface area contributed by atoms with Crippen molar-refractivity contribution in [2.24, 2.45) is 0 Å². The number of likely N-dealkylation sites (N-methyl/N-ethyl adjacent to an activating group) is 1. The minimum atomic E-state index is -0.174. The molecule has 140 valence electrons. The summed E-state index contributed by atoms with van der Waals surface area (Å²) in [6.07, 6.45) is 3.28. The van der Waals surface area contributed by atoms with Gasteiger partial charge in [-0.15, -0.1) is 23.7 Å². The van der Waals surface area contributed by atoms with E-state index in [0.29, 0.717) is 22.7 Å². The smallest absolute Gasteiger partial charge is 0.256 e. The molecule has 0 aliphatic heterocycles. The van der Waals surface area contributed by atoms with E-state index in [9.17, 15) is 9.59 Å². The monoisotopic (exact) mass is 393 g/mol. The van der Waals surface area contributed by atoms with Crippen molar-refractivity contribution < 1.29 is 9.59 Å². The topological polar surface area (TPSA) is 70.2 Å². The Morgan fingerprint density at radius 3 is 2.69 bits per heavy atom. The Morgan fingerprint density at radius 2 is 1.92 bits per heavy atom. The van der Waals surface area contributed by atoms with Gasteiger partial charge in [0.1, 0.15) is 5.00 Å². The number of thiophene rings is 1. The fourth-order valence-electron chi connectivity index (χ4n) is 2.92. The van der Waals surface area contributed by atoms with Gasteiger partial charge in [-0.25, -0.2) is 0 Å². The van der Waals surface area contributed by atoms with Crippen LogP contribution >= 0.6 is 23.7 Å². The standard InChI is InChI=1S/C19H23N3O2S.ClH/c1-12(20-2)11-21-18(24)16-8-9-25-19(16)22-17(23)15-7-6-13-4-3-5-14(13)10-15;/h6-10,12,20H,3-5,11H2,1-2H3,(H,21,24)(H,22,23);1H. The van der Waals surface area contributed by atoms with Crippen molar-refractivity contribution in [3.05, 3.63) is 51.9 Å². The van der Waals surface area contributed by atoms with Crippen LogP contribution in [0.4, 0.5) is 5.00 Å². The van der Waals surface area contributed by atoms with Gasteiger partial charge in [0.05, 0.1) is 5.56 Å². The second-order valence-electron chi connectivity index (χ2n) is 6.35. The van der Waals surface area contributed by atoms with E-state index in [0.717, 1.165) is 19.3 Å². The van der Waals surface area contributed by atoms with Gasteiger partial charge in [-0.05, 0) is 67.9 Å². The summed E-state index contributed by atoms with van der Waals surface area (Å²) in [6.45, 7) is 2.52. The van der Waals surface area contributed by atoms with Crippen LogP contribution in [0.3, 0.4) is 0 Å². The highest BCUT2D eigenvalue weighted by Crippen LogP contribution is 2.26. The third kappa shape index (κ3) is 4.63. The average molecular weight is 394 g/mol. The number of benzene rings is 1. The number of anilines is 1. The lowest BCUT2D eigenvalue weighted by Gasteiger charge is -2.12. The molecule has 3 rings (SSSR count). The molecule has 0 saturated carbocycles. The molecule has 5 nitrogen and oxygen atoms in total. The molecule has 7 heteroatoms. The third-order valence-corrected chi connectivity index (χ3v) is 5.39. The maximum absolute atomic E-state index is 12.6. The molecule has 2 amide bonds. The van der Waals surface area contributed by atoms with Crippen LogP contribution in [-0.4, -0.2) is 31.4 Å². The van der Waals surface area contributed by atoms with Gasteiger partial charge in [0.25, 0.3) is 11.8 Å². The molecule has 3 N–H and O–H groups in total. The molecule has 1 heterocycles. The van der Waals surface area contributed by atoms with E-state index in [-0.39, 0.29) is 30.3 Å². The predicted molar refractivity (Wildman–Crippen MR) is 109 cm³/mol. The van der Waals surface area contributed by atoms with Crippen LogP contribution in [-0.2, 0) is 12.8 Å². The molecule has 1 aromatic carbocycles. The maximum atomic E-state index is 12.6. The molecule has 0 bridgehead atoms. The SMILES string of the molecule is CNC(C)CNC(=O)c1ccsc1NC(=O)c1ccc2c(c1)CCC2.Cl. The van der Waals surface area contributed by atoms with Gasteiger partial charge in [0.15, 0.2) is 0 Å². The first-order chi connectivity index (χ1) is 12.1. The number of carbonyl (C=O) groups is 2. The Labute approximate surface area is 164 Å². The van der Waals surface area contributed by atoms with Crippen LogP contribution in [0.25, 0.3) is 0 Å². The quantitative estimate of drug-likeness (QED) is 0.705. The highest BCUT2D eigenvalue weighted by atomic mass is 35.5. The zero-order valence-corrected chi connectivity index (χ0v) is 16.6. The van der Waals surface area contributed by atoms with Crippen LogP contribution in [0.5, 0.6) is 0 Å². The van der Waals surface area contributed by atoms with E-state index in [1.807, 2.05) is 37.6 Å². The lowest BCUT2D eigenvalue weighted by Crippen LogP contribution is -2.37. The van der Waals surface area contributed by atoms with Crippen LogP contribution < -0.4 is 16.0 Å². The summed E-state index contributed by atoms with van der Waals surface area (Å²) in [4.78, 5) is 24.9. The van der Waals surface area contributed by atoms with Crippen molar-refractivity contribution >= 4 is 40.6 Å². The fraction of sp³-hybridized carbons (Fsp3) is 0.368. The van der Waals surface area contributed by atoms with Crippen molar-refractivity contribution in [2.45, 2.75) is 32.2 Å². The van der Waals surface area contributed by atoms with Gasteiger partial charge in [0, 0.05) is 18.2 Å². The van der Waals surface area contributed by atoms with Crippen molar-refractivity contribution in [1.82, 2.24) is 10.6 Å². The number of amides is 2. The number of aryl methyl sites for hydroxylation is 2. The summed E-state index contributed by atoms with van der Waals surface area (Å²) >= 11 is 1.36. The Hall–Kier alpha value is -1.89. The Bertz CT molecular complexity index is 791. The number of rotatable bonds is 6. The third-order valence-electron chi connectivity index (χ3n) is 4.56. The van der Waals surface area contributed by atoms with Crippen molar-refractivity contribution in [1.29, 1.82) is 0 Å². The average Bonchev–Trinajstić information content (AvgIpc) is 3.27. The zero-order valence-electron chi connectivity index (χ0n) is 14.9. The van der Waals surface area contributed by atoms with Gasteiger partial charge >= 0.3 is 0 Å². The number of fused-ring (bicyclic) bond motifs is 1. The number of halogens is 1. The van der Waals surface area contributed by atoms with Gasteiger partial charge < -0.3 is 16.0 Å². The van der Waals surface area contributed by atoms with Crippen LogP contribution in [0, 0.1) is 0 Å². The lowest BCUT2D eigenvalue weighted by atomic mass is 10.1. The first-order valence-corrected chi connectivity index (χ1v) is 9.42. The van der Waals surface area contributed by atoms with Crippen LogP contribution in [0.2, 0.25) is 0 Å². The Kier molecular flexibility index (Phi) is 7.20. The van der Waals surface area contributed by atoms with E-state index >= 15 is 0 Å². The number of hydrogen-bond acceptors (Lipinski definition) is 4. The molecule has 26 heavy (non-hydrogen) atoms. The van der Waals surface area contributed by atoms with E-state index in [1.54, 1.807) is 6.07 Å². The molecule has 1 unspecified atom stereocenters. The normalized spacial score (nSPS) is 13.5. The summed E-state index contributed by atoms with van der Waals surface area (Å²) in [7, 11) is 1.85. The summed E-state index contributed by atoms with van der Waals surface area (Å²) in [6, 6.07) is 7.80. The first kappa shape index (κ1) is 20.4. The Balaban J connectivity index is 0.00000243. The molecule has 1 aliphatic rings. The molecule has 1 atom stereocenters. The largest absolute Gasteiger partial charge is 0.350 e. The summed E-state index contributed by atoms with van der Waals surface area (Å²) < 4.78 is 0. The molecule has 0 saturated heterocycles.